The lowest BCUT2D eigenvalue weighted by Gasteiger charge is -2.16. The lowest BCUT2D eigenvalue weighted by atomic mass is 10.2. The van der Waals surface area contributed by atoms with Gasteiger partial charge >= 0.3 is 12.4 Å². The van der Waals surface area contributed by atoms with Gasteiger partial charge in [0, 0.05) is 29.6 Å². The first-order valence-electron chi connectivity index (χ1n) is 8.08. The van der Waals surface area contributed by atoms with Crippen molar-refractivity contribution in [2.45, 2.75) is 19.3 Å². The van der Waals surface area contributed by atoms with E-state index in [1.807, 2.05) is 13.0 Å². The van der Waals surface area contributed by atoms with Crippen molar-refractivity contribution < 1.29 is 35.8 Å². The van der Waals surface area contributed by atoms with Gasteiger partial charge in [-0.05, 0) is 36.8 Å². The van der Waals surface area contributed by atoms with Gasteiger partial charge in [0.2, 0.25) is 0 Å². The molecule has 0 atom stereocenters. The molecular weight excluding hydrogens is 422 g/mol. The summed E-state index contributed by atoms with van der Waals surface area (Å²) in [5.41, 5.74) is 1.70. The summed E-state index contributed by atoms with van der Waals surface area (Å²) in [4.78, 5) is 0. The summed E-state index contributed by atoms with van der Waals surface area (Å²) in [5.74, 6) is -0.661. The monoisotopic (exact) mass is 438 g/mol. The lowest BCUT2D eigenvalue weighted by molar-refractivity contribution is -0.153. The summed E-state index contributed by atoms with van der Waals surface area (Å²) < 4.78 is 83.5. The van der Waals surface area contributed by atoms with Gasteiger partial charge in [0.25, 0.3) is 0 Å². The highest BCUT2D eigenvalue weighted by Crippen LogP contribution is 2.29. The number of rotatable bonds is 6. The van der Waals surface area contributed by atoms with Gasteiger partial charge in [-0.1, -0.05) is 12.1 Å². The lowest BCUT2D eigenvalue weighted by Crippen LogP contribution is -2.21. The van der Waals surface area contributed by atoms with E-state index >= 15 is 0 Å². The minimum absolute atomic E-state index is 0.0744. The molecule has 0 saturated carbocycles. The van der Waals surface area contributed by atoms with Crippen LogP contribution in [0.3, 0.4) is 0 Å². The van der Waals surface area contributed by atoms with Gasteiger partial charge < -0.3 is 20.1 Å². The predicted molar refractivity (Wildman–Crippen MR) is 101 cm³/mol. The molecule has 0 aromatic heterocycles. The second kappa shape index (κ2) is 9.21. The van der Waals surface area contributed by atoms with Gasteiger partial charge in [-0.15, -0.1) is 0 Å². The van der Waals surface area contributed by atoms with Crippen molar-refractivity contribution in [3.05, 3.63) is 48.0 Å². The molecule has 0 aliphatic carbocycles. The third-order valence-corrected chi connectivity index (χ3v) is 3.42. The molecule has 0 bridgehead atoms. The summed E-state index contributed by atoms with van der Waals surface area (Å²) in [6.07, 6.45) is -9.23. The topological polar surface area (TPSA) is 42.5 Å². The second-order valence-corrected chi connectivity index (χ2v) is 6.36. The molecule has 29 heavy (non-hydrogen) atoms. The summed E-state index contributed by atoms with van der Waals surface area (Å²) >= 11 is 5.13. The van der Waals surface area contributed by atoms with Gasteiger partial charge in [-0.2, -0.15) is 26.3 Å². The Morgan fingerprint density at radius 2 is 1.34 bits per heavy atom. The molecule has 0 unspecified atom stereocenters. The van der Waals surface area contributed by atoms with Crippen molar-refractivity contribution in [1.29, 1.82) is 0 Å². The number of hydrogen-bond donors (Lipinski definition) is 2. The minimum atomic E-state index is -4.61. The summed E-state index contributed by atoms with van der Waals surface area (Å²) in [7, 11) is 0. The average molecular weight is 438 g/mol. The van der Waals surface area contributed by atoms with E-state index in [4.69, 9.17) is 12.2 Å². The third kappa shape index (κ3) is 8.90. The fourth-order valence-electron chi connectivity index (χ4n) is 2.16. The van der Waals surface area contributed by atoms with Crippen LogP contribution in [0.5, 0.6) is 11.5 Å². The SMILES string of the molecule is Cc1cccc(NC(=S)Nc2cc(OCC(F)(F)F)cc(OCC(F)(F)F)c2)c1. The summed E-state index contributed by atoms with van der Waals surface area (Å²) in [6.45, 7) is -1.35. The number of benzene rings is 2. The van der Waals surface area contributed by atoms with Crippen LogP contribution in [0, 0.1) is 6.92 Å². The van der Waals surface area contributed by atoms with Crippen LogP contribution < -0.4 is 20.1 Å². The number of hydrogen-bond acceptors (Lipinski definition) is 3. The standard InChI is InChI=1S/C18H16F6N2O2S/c1-11-3-2-4-12(5-11)25-16(29)26-13-6-14(27-9-17(19,20)21)8-15(7-13)28-10-18(22,23)24/h2-8H,9-10H2,1H3,(H2,25,26,29). The highest BCUT2D eigenvalue weighted by molar-refractivity contribution is 7.80. The van der Waals surface area contributed by atoms with Crippen molar-refractivity contribution in [3.8, 4) is 11.5 Å². The van der Waals surface area contributed by atoms with Crippen LogP contribution >= 0.6 is 12.2 Å². The molecule has 2 aromatic carbocycles. The van der Waals surface area contributed by atoms with Crippen molar-refractivity contribution in [1.82, 2.24) is 0 Å². The molecule has 4 nitrogen and oxygen atoms in total. The van der Waals surface area contributed by atoms with E-state index < -0.39 is 25.6 Å². The molecule has 2 rings (SSSR count). The number of alkyl halides is 6. The molecule has 2 aromatic rings. The van der Waals surface area contributed by atoms with Gasteiger partial charge in [-0.25, -0.2) is 0 Å². The molecular formula is C18H16F6N2O2S. The van der Waals surface area contributed by atoms with Crippen LogP contribution in [-0.4, -0.2) is 30.7 Å². The Morgan fingerprint density at radius 1 is 0.828 bits per heavy atom. The zero-order valence-corrected chi connectivity index (χ0v) is 15.8. The van der Waals surface area contributed by atoms with E-state index in [0.29, 0.717) is 5.69 Å². The van der Waals surface area contributed by atoms with E-state index in [1.54, 1.807) is 18.2 Å². The Bertz CT molecular complexity index is 819. The fourth-order valence-corrected chi connectivity index (χ4v) is 2.39. The predicted octanol–water partition coefficient (Wildman–Crippen LogP) is 5.69. The summed E-state index contributed by atoms with van der Waals surface area (Å²) in [6, 6.07) is 10.4. The highest BCUT2D eigenvalue weighted by Gasteiger charge is 2.30. The Kier molecular flexibility index (Phi) is 7.17. The van der Waals surface area contributed by atoms with Crippen molar-refractivity contribution in [3.63, 3.8) is 0 Å². The first kappa shape index (κ1) is 22.6. The van der Waals surface area contributed by atoms with Crippen molar-refractivity contribution in [2.24, 2.45) is 0 Å². The Balaban J connectivity index is 2.15. The van der Waals surface area contributed by atoms with Crippen LogP contribution in [0.2, 0.25) is 0 Å². The number of thiocarbonyl (C=S) groups is 1. The van der Waals surface area contributed by atoms with E-state index in [-0.39, 0.29) is 22.3 Å². The molecule has 0 saturated heterocycles. The summed E-state index contributed by atoms with van der Waals surface area (Å²) in [5, 5.41) is 5.62. The highest BCUT2D eigenvalue weighted by atomic mass is 32.1. The number of ether oxygens (including phenoxy) is 2. The van der Waals surface area contributed by atoms with Crippen LogP contribution in [-0.2, 0) is 0 Å². The maximum atomic E-state index is 12.4. The fraction of sp³-hybridized carbons (Fsp3) is 0.278. The second-order valence-electron chi connectivity index (χ2n) is 5.95. The van der Waals surface area contributed by atoms with E-state index in [2.05, 4.69) is 20.1 Å². The molecule has 0 amide bonds. The van der Waals surface area contributed by atoms with Crippen molar-refractivity contribution >= 4 is 28.7 Å². The number of anilines is 2. The molecule has 0 heterocycles. The Morgan fingerprint density at radius 3 is 1.83 bits per heavy atom. The minimum Gasteiger partial charge on any atom is -0.484 e. The first-order chi connectivity index (χ1) is 13.4. The Hall–Kier alpha value is -2.69. The molecule has 0 fully saturated rings. The largest absolute Gasteiger partial charge is 0.484 e. The van der Waals surface area contributed by atoms with Crippen LogP contribution in [0.1, 0.15) is 5.56 Å². The van der Waals surface area contributed by atoms with Gasteiger partial charge in [0.1, 0.15) is 11.5 Å². The smallest absolute Gasteiger partial charge is 0.422 e. The van der Waals surface area contributed by atoms with E-state index in [0.717, 1.165) is 23.8 Å². The molecule has 0 aliphatic rings. The maximum absolute atomic E-state index is 12.4. The van der Waals surface area contributed by atoms with E-state index in [9.17, 15) is 26.3 Å². The zero-order chi connectivity index (χ0) is 21.7. The van der Waals surface area contributed by atoms with E-state index in [1.165, 1.54) is 0 Å². The first-order valence-corrected chi connectivity index (χ1v) is 8.49. The van der Waals surface area contributed by atoms with Crippen LogP contribution in [0.4, 0.5) is 37.7 Å². The zero-order valence-electron chi connectivity index (χ0n) is 14.9. The molecule has 158 valence electrons. The van der Waals surface area contributed by atoms with Crippen LogP contribution in [0.15, 0.2) is 42.5 Å². The molecule has 0 aliphatic heterocycles. The normalized spacial score (nSPS) is 11.7. The Labute approximate surface area is 167 Å². The quantitative estimate of drug-likeness (QED) is 0.448. The molecule has 0 spiro atoms. The third-order valence-electron chi connectivity index (χ3n) is 3.22. The van der Waals surface area contributed by atoms with Crippen molar-refractivity contribution in [2.75, 3.05) is 23.8 Å². The number of nitrogens with one attached hydrogen (secondary N) is 2. The molecule has 0 radical (unpaired) electrons. The van der Waals surface area contributed by atoms with Gasteiger partial charge in [-0.3, -0.25) is 0 Å². The molecule has 2 N–H and O–H groups in total. The maximum Gasteiger partial charge on any atom is 0.422 e. The number of aryl methyl sites for hydroxylation is 1. The molecule has 11 heteroatoms. The average Bonchev–Trinajstić information content (AvgIpc) is 2.57. The van der Waals surface area contributed by atoms with Gasteiger partial charge in [0.15, 0.2) is 18.3 Å². The van der Waals surface area contributed by atoms with Crippen LogP contribution in [0.25, 0.3) is 0 Å². The van der Waals surface area contributed by atoms with Gasteiger partial charge in [0.05, 0.1) is 0 Å². The number of halogens is 6.